The van der Waals surface area contributed by atoms with Crippen LogP contribution in [0.3, 0.4) is 0 Å². The van der Waals surface area contributed by atoms with Crippen LogP contribution in [0, 0.1) is 0 Å². The van der Waals surface area contributed by atoms with Crippen molar-refractivity contribution in [3.05, 3.63) is 77.0 Å². The maximum absolute atomic E-state index is 14.1. The quantitative estimate of drug-likeness (QED) is 0.315. The van der Waals surface area contributed by atoms with Gasteiger partial charge in [-0.3, -0.25) is 9.59 Å². The molecule has 4 aromatic rings. The van der Waals surface area contributed by atoms with Gasteiger partial charge in [0, 0.05) is 29.6 Å². The number of nitrogens with zero attached hydrogens (tertiary/aromatic N) is 2. The Kier molecular flexibility index (Phi) is 7.52. The van der Waals surface area contributed by atoms with E-state index >= 15 is 0 Å². The van der Waals surface area contributed by atoms with Crippen LogP contribution in [0.15, 0.2) is 54.6 Å². The molecule has 6 rings (SSSR count). The van der Waals surface area contributed by atoms with E-state index in [-0.39, 0.29) is 18.4 Å². The lowest BCUT2D eigenvalue weighted by Gasteiger charge is -2.47. The summed E-state index contributed by atoms with van der Waals surface area (Å²) >= 11 is 0. The largest absolute Gasteiger partial charge is 0.493 e. The number of fused-ring (bicyclic) bond motifs is 4. The Labute approximate surface area is 250 Å². The molecule has 1 N–H and O–H groups in total. The number of benzene rings is 3. The summed E-state index contributed by atoms with van der Waals surface area (Å²) in [6, 6.07) is 16.2. The lowest BCUT2D eigenvalue weighted by atomic mass is 9.86. The number of hydrogen-bond donors (Lipinski definition) is 1. The highest BCUT2D eigenvalue weighted by atomic mass is 16.5. The van der Waals surface area contributed by atoms with Gasteiger partial charge in [0.25, 0.3) is 0 Å². The Hall–Kier alpha value is -4.86. The highest BCUT2D eigenvalue weighted by Crippen LogP contribution is 2.47. The van der Waals surface area contributed by atoms with E-state index in [1.807, 2.05) is 48.5 Å². The Morgan fingerprint density at radius 3 is 2.19 bits per heavy atom. The van der Waals surface area contributed by atoms with Gasteiger partial charge in [-0.2, -0.15) is 0 Å². The van der Waals surface area contributed by atoms with Gasteiger partial charge in [0.15, 0.2) is 23.0 Å². The van der Waals surface area contributed by atoms with Gasteiger partial charge in [0.2, 0.25) is 17.6 Å². The van der Waals surface area contributed by atoms with Crippen LogP contribution < -0.4 is 23.7 Å². The summed E-state index contributed by atoms with van der Waals surface area (Å²) in [5.41, 5.74) is 4.60. The Morgan fingerprint density at radius 1 is 0.814 bits per heavy atom. The van der Waals surface area contributed by atoms with Crippen LogP contribution in [-0.2, 0) is 22.4 Å². The van der Waals surface area contributed by atoms with Crippen LogP contribution >= 0.6 is 0 Å². The molecule has 3 aromatic carbocycles. The lowest BCUT2D eigenvalue weighted by molar-refractivity contribution is -0.158. The molecule has 1 aromatic heterocycles. The first-order valence-electron chi connectivity index (χ1n) is 14.1. The van der Waals surface area contributed by atoms with E-state index in [2.05, 4.69) is 11.1 Å². The van der Waals surface area contributed by atoms with Gasteiger partial charge in [0.05, 0.1) is 48.1 Å². The average Bonchev–Trinajstić information content (AvgIpc) is 3.42. The van der Waals surface area contributed by atoms with Crippen molar-refractivity contribution in [1.82, 2.24) is 14.8 Å². The lowest BCUT2D eigenvalue weighted by Crippen LogP contribution is -2.63. The highest BCUT2D eigenvalue weighted by molar-refractivity contribution is 5.97. The number of carbonyl (C=O) groups is 2. The number of carbonyl (C=O) groups excluding carboxylic acids is 2. The molecule has 0 saturated carbocycles. The first kappa shape index (κ1) is 28.3. The van der Waals surface area contributed by atoms with Crippen LogP contribution in [0.4, 0.5) is 0 Å². The summed E-state index contributed by atoms with van der Waals surface area (Å²) in [5, 5.41) is 1.04. The molecular formula is C33H35N3O7. The molecule has 43 heavy (non-hydrogen) atoms. The predicted octanol–water partition coefficient (Wildman–Crippen LogP) is 4.14. The molecule has 0 aliphatic carbocycles. The van der Waals surface area contributed by atoms with Crippen LogP contribution in [0.25, 0.3) is 10.9 Å². The van der Waals surface area contributed by atoms with Crippen molar-refractivity contribution in [2.24, 2.45) is 0 Å². The van der Waals surface area contributed by atoms with E-state index in [9.17, 15) is 9.59 Å². The zero-order chi connectivity index (χ0) is 30.2. The number of piperazine rings is 1. The number of hydrogen-bond acceptors (Lipinski definition) is 7. The van der Waals surface area contributed by atoms with E-state index in [1.165, 1.54) is 0 Å². The van der Waals surface area contributed by atoms with E-state index in [0.29, 0.717) is 48.1 Å². The number of para-hydroxylation sites is 1. The molecule has 224 valence electrons. The van der Waals surface area contributed by atoms with Gasteiger partial charge in [-0.15, -0.1) is 0 Å². The molecule has 10 heteroatoms. The van der Waals surface area contributed by atoms with Crippen molar-refractivity contribution in [3.8, 4) is 28.7 Å². The Balaban J connectivity index is 1.39. The third kappa shape index (κ3) is 4.76. The molecule has 2 aliphatic heterocycles. The first-order chi connectivity index (χ1) is 20.9. The normalized spacial score (nSPS) is 17.9. The van der Waals surface area contributed by atoms with Crippen molar-refractivity contribution in [2.45, 2.75) is 24.9 Å². The zero-order valence-electron chi connectivity index (χ0n) is 24.9. The van der Waals surface area contributed by atoms with Crippen molar-refractivity contribution in [3.63, 3.8) is 0 Å². The molecule has 0 bridgehead atoms. The third-order valence-electron chi connectivity index (χ3n) is 8.46. The number of aromatic amines is 1. The number of ether oxygens (including phenoxy) is 5. The third-order valence-corrected chi connectivity index (χ3v) is 8.46. The molecule has 10 nitrogen and oxygen atoms in total. The summed E-state index contributed by atoms with van der Waals surface area (Å²) in [6.07, 6.45) is 0.985. The molecule has 2 amide bonds. The predicted molar refractivity (Wildman–Crippen MR) is 160 cm³/mol. The smallest absolute Gasteiger partial charge is 0.246 e. The molecule has 2 aliphatic rings. The number of amides is 2. The topological polar surface area (TPSA) is 103 Å². The second-order valence-electron chi connectivity index (χ2n) is 10.6. The Morgan fingerprint density at radius 2 is 1.51 bits per heavy atom. The van der Waals surface area contributed by atoms with E-state index in [1.54, 1.807) is 45.3 Å². The summed E-state index contributed by atoms with van der Waals surface area (Å²) in [7, 11) is 7.86. The number of aromatic nitrogens is 1. The second kappa shape index (κ2) is 11.4. The minimum Gasteiger partial charge on any atom is -0.493 e. The van der Waals surface area contributed by atoms with Crippen LogP contribution in [-0.4, -0.2) is 81.3 Å². The number of methoxy groups -OCH3 is 5. The van der Waals surface area contributed by atoms with Gasteiger partial charge in [0.1, 0.15) is 6.04 Å². The average molecular weight is 586 g/mol. The minimum atomic E-state index is -0.664. The van der Waals surface area contributed by atoms with Crippen LogP contribution in [0.2, 0.25) is 0 Å². The summed E-state index contributed by atoms with van der Waals surface area (Å²) in [4.78, 5) is 35.1. The molecular weight excluding hydrogens is 550 g/mol. The molecule has 0 unspecified atom stereocenters. The monoisotopic (exact) mass is 585 g/mol. The summed E-state index contributed by atoms with van der Waals surface area (Å²) in [5.74, 6) is 2.47. The fraction of sp³-hybridized carbons (Fsp3) is 0.333. The van der Waals surface area contributed by atoms with Gasteiger partial charge in [-0.25, -0.2) is 0 Å². The summed E-state index contributed by atoms with van der Waals surface area (Å²) < 4.78 is 27.7. The van der Waals surface area contributed by atoms with Gasteiger partial charge >= 0.3 is 0 Å². The number of rotatable bonds is 9. The van der Waals surface area contributed by atoms with Crippen molar-refractivity contribution >= 4 is 22.7 Å². The Bertz CT molecular complexity index is 1670. The second-order valence-corrected chi connectivity index (χ2v) is 10.6. The first-order valence-corrected chi connectivity index (χ1v) is 14.1. The van der Waals surface area contributed by atoms with Gasteiger partial charge < -0.3 is 38.5 Å². The standard InChI is InChI=1S/C33H35N3O7/c1-39-25-11-10-19(14-26(25)40-2)12-13-35-18-29(37)36-24(33(35)38)17-22-21-8-6-7-9-23(21)34-30(22)31(36)20-15-27(41-3)32(43-5)28(16-20)42-4/h6-11,14-16,24,31,34H,12-13,17-18H2,1-5H3/t24-,31-/m1/s1. The highest BCUT2D eigenvalue weighted by Gasteiger charge is 2.48. The SMILES string of the molecule is COc1ccc(CCN2CC(=O)N3[C@H](c4cc(OC)c(OC)c(OC)c4)c4[nH]c5ccccc5c4C[C@@H]3C2=O)cc1OC. The van der Waals surface area contributed by atoms with E-state index in [4.69, 9.17) is 23.7 Å². The summed E-state index contributed by atoms with van der Waals surface area (Å²) in [6.45, 7) is 0.388. The fourth-order valence-corrected chi connectivity index (χ4v) is 6.42. The van der Waals surface area contributed by atoms with Crippen molar-refractivity contribution in [2.75, 3.05) is 48.6 Å². The molecule has 2 atom stereocenters. The van der Waals surface area contributed by atoms with Crippen LogP contribution in [0.1, 0.15) is 28.4 Å². The van der Waals surface area contributed by atoms with E-state index < -0.39 is 12.1 Å². The zero-order valence-corrected chi connectivity index (χ0v) is 24.9. The van der Waals surface area contributed by atoms with Gasteiger partial charge in [-0.05, 0) is 53.4 Å². The maximum Gasteiger partial charge on any atom is 0.246 e. The molecule has 1 saturated heterocycles. The van der Waals surface area contributed by atoms with Crippen LogP contribution in [0.5, 0.6) is 28.7 Å². The fourth-order valence-electron chi connectivity index (χ4n) is 6.42. The molecule has 3 heterocycles. The maximum atomic E-state index is 14.1. The van der Waals surface area contributed by atoms with Gasteiger partial charge in [-0.1, -0.05) is 24.3 Å². The molecule has 0 spiro atoms. The molecule has 0 radical (unpaired) electrons. The van der Waals surface area contributed by atoms with E-state index in [0.717, 1.165) is 33.3 Å². The van der Waals surface area contributed by atoms with Crippen molar-refractivity contribution < 1.29 is 33.3 Å². The van der Waals surface area contributed by atoms with Crippen molar-refractivity contribution in [1.29, 1.82) is 0 Å². The molecule has 1 fully saturated rings. The minimum absolute atomic E-state index is 0.0148. The number of nitrogens with one attached hydrogen (secondary N) is 1. The number of H-pyrrole nitrogens is 1.